The van der Waals surface area contributed by atoms with Gasteiger partial charge in [0.2, 0.25) is 0 Å². The zero-order chi connectivity index (χ0) is 9.40. The molecule has 0 bridgehead atoms. The third-order valence-electron chi connectivity index (χ3n) is 2.65. The Morgan fingerprint density at radius 1 is 1.25 bits per heavy atom. The van der Waals surface area contributed by atoms with E-state index in [2.05, 4.69) is 27.7 Å². The van der Waals surface area contributed by atoms with Gasteiger partial charge in [-0.15, -0.1) is 0 Å². The van der Waals surface area contributed by atoms with Crippen molar-refractivity contribution in [2.24, 2.45) is 11.8 Å². The minimum absolute atomic E-state index is 0.782. The molecular weight excluding hydrogens is 144 g/mol. The lowest BCUT2D eigenvalue weighted by Gasteiger charge is -2.29. The Morgan fingerprint density at radius 2 is 1.83 bits per heavy atom. The molecule has 0 heteroatoms. The van der Waals surface area contributed by atoms with E-state index >= 15 is 0 Å². The normalized spacial score (nSPS) is 27.0. The van der Waals surface area contributed by atoms with Gasteiger partial charge in [-0.2, -0.15) is 0 Å². The fourth-order valence-corrected chi connectivity index (χ4v) is 1.16. The van der Waals surface area contributed by atoms with Crippen LogP contribution in [0.2, 0.25) is 0 Å². The van der Waals surface area contributed by atoms with E-state index in [4.69, 9.17) is 0 Å². The molecule has 0 aliphatic heterocycles. The fourth-order valence-electron chi connectivity index (χ4n) is 1.16. The fraction of sp³-hybridized carbons (Fsp3) is 0.833. The van der Waals surface area contributed by atoms with Crippen molar-refractivity contribution in [1.82, 2.24) is 0 Å². The van der Waals surface area contributed by atoms with E-state index in [1.165, 1.54) is 32.1 Å². The second-order valence-electron chi connectivity index (χ2n) is 3.88. The Morgan fingerprint density at radius 3 is 1.92 bits per heavy atom. The van der Waals surface area contributed by atoms with E-state index in [1.807, 2.05) is 0 Å². The van der Waals surface area contributed by atoms with Crippen LogP contribution in [0.25, 0.3) is 0 Å². The summed E-state index contributed by atoms with van der Waals surface area (Å²) < 4.78 is 0. The Labute approximate surface area is 78.8 Å². The molecule has 1 fully saturated rings. The van der Waals surface area contributed by atoms with E-state index in [0.717, 1.165) is 18.3 Å². The largest absolute Gasteiger partial charge is 0.0654 e. The van der Waals surface area contributed by atoms with E-state index in [1.54, 1.807) is 0 Å². The average Bonchev–Trinajstić information content (AvgIpc) is 2.12. The standard InChI is InChI=1S/C6H11.C6H13/c1-5-3-4-6(5)2;1-3-5-6-4-2/h5-6H,1,3-4H2,2H3;1,3-6H2,2H3. The van der Waals surface area contributed by atoms with Gasteiger partial charge in [-0.3, -0.25) is 0 Å². The molecule has 1 aliphatic carbocycles. The lowest BCUT2D eigenvalue weighted by atomic mass is 9.77. The minimum Gasteiger partial charge on any atom is -0.0654 e. The van der Waals surface area contributed by atoms with Gasteiger partial charge in [-0.05, 0) is 25.2 Å². The van der Waals surface area contributed by atoms with Gasteiger partial charge in [0.25, 0.3) is 0 Å². The molecule has 1 aliphatic rings. The van der Waals surface area contributed by atoms with Crippen LogP contribution in [-0.4, -0.2) is 0 Å². The number of unbranched alkanes of at least 4 members (excludes halogenated alkanes) is 3. The van der Waals surface area contributed by atoms with Crippen LogP contribution < -0.4 is 0 Å². The summed E-state index contributed by atoms with van der Waals surface area (Å²) in [5.41, 5.74) is 0. The maximum atomic E-state index is 3.92. The molecule has 0 heterocycles. The van der Waals surface area contributed by atoms with Crippen molar-refractivity contribution in [2.45, 2.75) is 52.4 Å². The third-order valence-corrected chi connectivity index (χ3v) is 2.65. The van der Waals surface area contributed by atoms with Crippen LogP contribution in [0.3, 0.4) is 0 Å². The van der Waals surface area contributed by atoms with Crippen molar-refractivity contribution in [3.63, 3.8) is 0 Å². The Bertz CT molecular complexity index is 74.0. The summed E-state index contributed by atoms with van der Waals surface area (Å²) in [7, 11) is 0. The van der Waals surface area contributed by atoms with Crippen LogP contribution in [0, 0.1) is 25.7 Å². The monoisotopic (exact) mass is 168 g/mol. The molecule has 2 radical (unpaired) electrons. The van der Waals surface area contributed by atoms with Crippen LogP contribution in [-0.2, 0) is 0 Å². The second kappa shape index (κ2) is 7.64. The van der Waals surface area contributed by atoms with E-state index < -0.39 is 0 Å². The van der Waals surface area contributed by atoms with Gasteiger partial charge < -0.3 is 0 Å². The van der Waals surface area contributed by atoms with Gasteiger partial charge in [0.05, 0.1) is 0 Å². The average molecular weight is 168 g/mol. The first kappa shape index (κ1) is 12.0. The van der Waals surface area contributed by atoms with Crippen molar-refractivity contribution >= 4 is 0 Å². The molecule has 0 spiro atoms. The summed E-state index contributed by atoms with van der Waals surface area (Å²) in [6, 6.07) is 0. The number of hydrogen-bond donors (Lipinski definition) is 0. The highest BCUT2D eigenvalue weighted by Crippen LogP contribution is 2.31. The molecule has 0 aromatic rings. The van der Waals surface area contributed by atoms with Gasteiger partial charge in [-0.25, -0.2) is 0 Å². The third kappa shape index (κ3) is 5.62. The van der Waals surface area contributed by atoms with Gasteiger partial charge >= 0.3 is 0 Å². The quantitative estimate of drug-likeness (QED) is 0.552. The second-order valence-corrected chi connectivity index (χ2v) is 3.88. The molecule has 0 aromatic heterocycles. The SMILES string of the molecule is [CH2]C1CCC1C.[CH2]CCCCC. The first-order valence-corrected chi connectivity index (χ1v) is 5.34. The molecule has 0 amide bonds. The number of hydrogen-bond acceptors (Lipinski definition) is 0. The summed E-state index contributed by atoms with van der Waals surface area (Å²) in [5.74, 6) is 1.70. The zero-order valence-electron chi connectivity index (χ0n) is 8.81. The smallest absolute Gasteiger partial charge is 0.0388 e. The minimum atomic E-state index is 0.782. The van der Waals surface area contributed by atoms with Gasteiger partial charge in [0, 0.05) is 0 Å². The topological polar surface area (TPSA) is 0 Å². The van der Waals surface area contributed by atoms with Crippen LogP contribution in [0.4, 0.5) is 0 Å². The van der Waals surface area contributed by atoms with Crippen LogP contribution >= 0.6 is 0 Å². The predicted molar refractivity (Wildman–Crippen MR) is 56.7 cm³/mol. The molecule has 0 saturated heterocycles. The maximum Gasteiger partial charge on any atom is -0.0388 e. The Kier molecular flexibility index (Phi) is 7.64. The molecule has 0 N–H and O–H groups in total. The Hall–Kier alpha value is 0. The highest BCUT2D eigenvalue weighted by molar-refractivity contribution is 4.77. The van der Waals surface area contributed by atoms with E-state index in [-0.39, 0.29) is 0 Å². The molecule has 72 valence electrons. The first-order valence-electron chi connectivity index (χ1n) is 5.34. The molecular formula is C12H24. The van der Waals surface area contributed by atoms with Crippen molar-refractivity contribution in [2.75, 3.05) is 0 Å². The lowest BCUT2D eigenvalue weighted by molar-refractivity contribution is 0.248. The Balaban J connectivity index is 0.000000202. The van der Waals surface area contributed by atoms with Crippen molar-refractivity contribution < 1.29 is 0 Å². The van der Waals surface area contributed by atoms with Crippen molar-refractivity contribution in [3.05, 3.63) is 13.8 Å². The first-order chi connectivity index (χ1) is 5.72. The van der Waals surface area contributed by atoms with Crippen LogP contribution in [0.1, 0.15) is 52.4 Å². The van der Waals surface area contributed by atoms with Crippen molar-refractivity contribution in [3.8, 4) is 0 Å². The van der Waals surface area contributed by atoms with E-state index in [0.29, 0.717) is 0 Å². The summed E-state index contributed by atoms with van der Waals surface area (Å²) in [6.45, 7) is 12.1. The molecule has 0 nitrogen and oxygen atoms in total. The number of rotatable bonds is 3. The predicted octanol–water partition coefficient (Wildman–Crippen LogP) is 4.27. The molecule has 1 saturated carbocycles. The molecule has 12 heavy (non-hydrogen) atoms. The van der Waals surface area contributed by atoms with Crippen molar-refractivity contribution in [1.29, 1.82) is 0 Å². The highest BCUT2D eigenvalue weighted by Gasteiger charge is 2.20. The lowest BCUT2D eigenvalue weighted by Crippen LogP contribution is -2.19. The molecule has 2 atom stereocenters. The molecule has 0 aromatic carbocycles. The summed E-state index contributed by atoms with van der Waals surface area (Å²) in [4.78, 5) is 0. The van der Waals surface area contributed by atoms with Gasteiger partial charge in [0.1, 0.15) is 0 Å². The summed E-state index contributed by atoms with van der Waals surface area (Å²) in [5, 5.41) is 0. The summed E-state index contributed by atoms with van der Waals surface area (Å²) >= 11 is 0. The van der Waals surface area contributed by atoms with Gasteiger partial charge in [0.15, 0.2) is 0 Å². The van der Waals surface area contributed by atoms with Crippen LogP contribution in [0.5, 0.6) is 0 Å². The van der Waals surface area contributed by atoms with Crippen LogP contribution in [0.15, 0.2) is 0 Å². The zero-order valence-corrected chi connectivity index (χ0v) is 8.81. The van der Waals surface area contributed by atoms with E-state index in [9.17, 15) is 0 Å². The van der Waals surface area contributed by atoms with Gasteiger partial charge in [-0.1, -0.05) is 52.9 Å². The molecule has 2 unspecified atom stereocenters. The molecule has 1 rings (SSSR count). The maximum absolute atomic E-state index is 3.92. The summed E-state index contributed by atoms with van der Waals surface area (Å²) in [6.07, 6.45) is 7.85. The highest BCUT2D eigenvalue weighted by atomic mass is 14.3.